The number of carbonyl (C=O) groups is 1. The highest BCUT2D eigenvalue weighted by atomic mass is 31.2. The van der Waals surface area contributed by atoms with Crippen LogP contribution in [0, 0.1) is 0 Å². The molecule has 340 valence electrons. The van der Waals surface area contributed by atoms with Gasteiger partial charge in [0.25, 0.3) is 0 Å². The summed E-state index contributed by atoms with van der Waals surface area (Å²) in [5.74, 6) is -0.201. The molecule has 3 atom stereocenters. The number of aliphatic hydroxyl groups excluding tert-OH is 1. The molecule has 0 fully saturated rings. The van der Waals surface area contributed by atoms with Crippen molar-refractivity contribution < 1.29 is 28.4 Å². The third-order valence-corrected chi connectivity index (χ3v) is 11.6. The van der Waals surface area contributed by atoms with Gasteiger partial charge in [-0.05, 0) is 57.8 Å². The van der Waals surface area contributed by atoms with E-state index in [1.165, 1.54) is 148 Å². The third-order valence-electron chi connectivity index (χ3n) is 10.6. The molecule has 0 bridgehead atoms. The van der Waals surface area contributed by atoms with Gasteiger partial charge in [-0.25, -0.2) is 4.57 Å². The van der Waals surface area contributed by atoms with E-state index in [0.29, 0.717) is 6.42 Å². The van der Waals surface area contributed by atoms with Crippen molar-refractivity contribution in [1.29, 1.82) is 0 Å². The van der Waals surface area contributed by atoms with E-state index in [2.05, 4.69) is 55.6 Å². The Morgan fingerprint density at radius 3 is 1.38 bits per heavy atom. The molecule has 5 N–H and O–H groups in total. The van der Waals surface area contributed by atoms with Gasteiger partial charge in [0.2, 0.25) is 5.91 Å². The highest BCUT2D eigenvalue weighted by Gasteiger charge is 2.26. The van der Waals surface area contributed by atoms with Gasteiger partial charge in [-0.1, -0.05) is 210 Å². The fourth-order valence-electron chi connectivity index (χ4n) is 6.96. The second kappa shape index (κ2) is 45.0. The Morgan fingerprint density at radius 2 is 0.948 bits per heavy atom. The van der Waals surface area contributed by atoms with Crippen molar-refractivity contribution >= 4 is 13.7 Å². The molecule has 0 aromatic heterocycles. The SMILES string of the molecule is CCCCCCC/C=C\C/C=C\C/C=C\CCCCCCCCCCC(=O)NC(COP(=O)(O)OCCN)C(O)/C=C/CCCCCCCCCCCCCCCC. The molecule has 0 aromatic rings. The predicted molar refractivity (Wildman–Crippen MR) is 249 cm³/mol. The van der Waals surface area contributed by atoms with Gasteiger partial charge in [0, 0.05) is 13.0 Å². The zero-order valence-corrected chi connectivity index (χ0v) is 38.7. The monoisotopic (exact) mass is 837 g/mol. The van der Waals surface area contributed by atoms with E-state index in [0.717, 1.165) is 57.8 Å². The fourth-order valence-corrected chi connectivity index (χ4v) is 7.72. The van der Waals surface area contributed by atoms with Crippen LogP contribution in [0.5, 0.6) is 0 Å². The van der Waals surface area contributed by atoms with E-state index in [4.69, 9.17) is 14.8 Å². The Balaban J connectivity index is 4.15. The maximum Gasteiger partial charge on any atom is 0.472 e. The number of phosphoric acid groups is 1. The lowest BCUT2D eigenvalue weighted by molar-refractivity contribution is -0.123. The highest BCUT2D eigenvalue weighted by Crippen LogP contribution is 2.43. The Hall–Kier alpha value is -1.54. The number of hydrogen-bond donors (Lipinski definition) is 4. The number of hydrogen-bond acceptors (Lipinski definition) is 6. The molecule has 0 saturated carbocycles. The summed E-state index contributed by atoms with van der Waals surface area (Å²) < 4.78 is 22.2. The van der Waals surface area contributed by atoms with E-state index in [-0.39, 0.29) is 25.7 Å². The first kappa shape index (κ1) is 56.5. The summed E-state index contributed by atoms with van der Waals surface area (Å²) in [7, 11) is -4.34. The number of amides is 1. The molecule has 0 aliphatic carbocycles. The summed E-state index contributed by atoms with van der Waals surface area (Å²) >= 11 is 0. The average Bonchev–Trinajstić information content (AvgIpc) is 3.21. The molecule has 0 heterocycles. The second-order valence-corrected chi connectivity index (χ2v) is 17.8. The van der Waals surface area contributed by atoms with Gasteiger partial charge in [0.05, 0.1) is 25.4 Å². The van der Waals surface area contributed by atoms with Crippen LogP contribution in [-0.2, 0) is 18.4 Å². The molecule has 0 radical (unpaired) electrons. The van der Waals surface area contributed by atoms with E-state index < -0.39 is 20.0 Å². The average molecular weight is 837 g/mol. The molecule has 0 saturated heterocycles. The zero-order valence-electron chi connectivity index (χ0n) is 37.8. The third kappa shape index (κ3) is 42.6. The first-order valence-electron chi connectivity index (χ1n) is 24.3. The molecule has 1 amide bonds. The summed E-state index contributed by atoms with van der Waals surface area (Å²) in [6.45, 7) is 4.13. The summed E-state index contributed by atoms with van der Waals surface area (Å²) in [6, 6.07) is -0.865. The maximum absolute atomic E-state index is 12.8. The summed E-state index contributed by atoms with van der Waals surface area (Å²) in [5.41, 5.74) is 5.38. The number of nitrogens with two attached hydrogens (primary N) is 1. The van der Waals surface area contributed by atoms with Crippen molar-refractivity contribution in [2.75, 3.05) is 19.8 Å². The van der Waals surface area contributed by atoms with Gasteiger partial charge in [0.1, 0.15) is 0 Å². The van der Waals surface area contributed by atoms with Crippen molar-refractivity contribution in [3.05, 3.63) is 48.6 Å². The normalized spacial score (nSPS) is 14.4. The molecule has 0 rings (SSSR count). The lowest BCUT2D eigenvalue weighted by Gasteiger charge is -2.23. The molecule has 8 nitrogen and oxygen atoms in total. The smallest absolute Gasteiger partial charge is 0.387 e. The van der Waals surface area contributed by atoms with E-state index >= 15 is 0 Å². The van der Waals surface area contributed by atoms with Gasteiger partial charge in [-0.3, -0.25) is 13.8 Å². The second-order valence-electron chi connectivity index (χ2n) is 16.3. The first-order valence-corrected chi connectivity index (χ1v) is 25.8. The molecule has 9 heteroatoms. The Bertz CT molecular complexity index is 1050. The number of aliphatic hydroxyl groups is 1. The van der Waals surface area contributed by atoms with Crippen LogP contribution >= 0.6 is 7.82 Å². The van der Waals surface area contributed by atoms with Crippen molar-refractivity contribution in [2.24, 2.45) is 5.73 Å². The molecule has 0 aromatic carbocycles. The molecular weight excluding hydrogens is 744 g/mol. The van der Waals surface area contributed by atoms with Crippen LogP contribution in [0.3, 0.4) is 0 Å². The van der Waals surface area contributed by atoms with Crippen LogP contribution in [0.1, 0.15) is 226 Å². The van der Waals surface area contributed by atoms with Crippen LogP contribution in [-0.4, -0.2) is 47.8 Å². The van der Waals surface area contributed by atoms with Gasteiger partial charge in [-0.2, -0.15) is 0 Å². The number of unbranched alkanes of at least 4 members (excludes halogenated alkanes) is 27. The number of carbonyl (C=O) groups excluding carboxylic acids is 1. The standard InChI is InChI=1S/C49H93N2O6P/c1-3-5-7-9-11-13-15-17-19-21-22-23-24-25-26-27-29-31-33-35-37-39-41-43-49(53)51-47(46-57-58(54,55)56-45-44-50)48(52)42-40-38-36-34-32-30-28-20-18-16-14-12-10-8-6-4-2/h15,17,21-22,24-25,40,42,47-48,52H,3-14,16,18-20,23,26-39,41,43-46,50H2,1-2H3,(H,51,53)(H,54,55)/b17-15-,22-21-,25-24-,42-40+. The summed E-state index contributed by atoms with van der Waals surface area (Å²) in [4.78, 5) is 22.8. The maximum atomic E-state index is 12.8. The molecule has 0 spiro atoms. The minimum absolute atomic E-state index is 0.0760. The number of phosphoric ester groups is 1. The van der Waals surface area contributed by atoms with Crippen molar-refractivity contribution in [1.82, 2.24) is 5.32 Å². The topological polar surface area (TPSA) is 131 Å². The van der Waals surface area contributed by atoms with Crippen LogP contribution in [0.2, 0.25) is 0 Å². The number of allylic oxidation sites excluding steroid dienone is 7. The lowest BCUT2D eigenvalue weighted by Crippen LogP contribution is -2.45. The van der Waals surface area contributed by atoms with Crippen molar-refractivity contribution in [3.63, 3.8) is 0 Å². The molecule has 0 aliphatic heterocycles. The number of nitrogens with one attached hydrogen (secondary N) is 1. The Morgan fingerprint density at radius 1 is 0.569 bits per heavy atom. The van der Waals surface area contributed by atoms with E-state index in [1.807, 2.05) is 6.08 Å². The zero-order chi connectivity index (χ0) is 42.5. The lowest BCUT2D eigenvalue weighted by atomic mass is 10.0. The molecule has 58 heavy (non-hydrogen) atoms. The van der Waals surface area contributed by atoms with Crippen LogP contribution in [0.4, 0.5) is 0 Å². The minimum Gasteiger partial charge on any atom is -0.387 e. The quantitative estimate of drug-likeness (QED) is 0.0273. The summed E-state index contributed by atoms with van der Waals surface area (Å²) in [5, 5.41) is 13.7. The van der Waals surface area contributed by atoms with E-state index in [9.17, 15) is 19.4 Å². The van der Waals surface area contributed by atoms with Crippen LogP contribution < -0.4 is 11.1 Å². The van der Waals surface area contributed by atoms with Gasteiger partial charge >= 0.3 is 7.82 Å². The first-order chi connectivity index (χ1) is 28.4. The Labute approximate surface area is 358 Å². The largest absolute Gasteiger partial charge is 0.472 e. The van der Waals surface area contributed by atoms with Crippen molar-refractivity contribution in [2.45, 2.75) is 238 Å². The fraction of sp³-hybridized carbons (Fsp3) is 0.816. The highest BCUT2D eigenvalue weighted by molar-refractivity contribution is 7.47. The van der Waals surface area contributed by atoms with E-state index in [1.54, 1.807) is 6.08 Å². The van der Waals surface area contributed by atoms with Gasteiger partial charge < -0.3 is 21.1 Å². The van der Waals surface area contributed by atoms with Crippen molar-refractivity contribution in [3.8, 4) is 0 Å². The van der Waals surface area contributed by atoms with Crippen LogP contribution in [0.15, 0.2) is 48.6 Å². The summed E-state index contributed by atoms with van der Waals surface area (Å²) in [6.07, 6.45) is 55.9. The number of rotatable bonds is 45. The minimum atomic E-state index is -4.34. The molecular formula is C49H93N2O6P. The van der Waals surface area contributed by atoms with Gasteiger partial charge in [-0.15, -0.1) is 0 Å². The Kier molecular flexibility index (Phi) is 43.8. The van der Waals surface area contributed by atoms with Crippen LogP contribution in [0.25, 0.3) is 0 Å². The molecule has 0 aliphatic rings. The van der Waals surface area contributed by atoms with Gasteiger partial charge in [0.15, 0.2) is 0 Å². The predicted octanol–water partition coefficient (Wildman–Crippen LogP) is 14.1. The molecule has 3 unspecified atom stereocenters.